The standard InChI is InChI=1S/C12H21NO4/c1-3-10-9-16-8-7-13(10)11(14)5-6-12(15)17-4-2/h10H,3-9H2,1-2H3. The number of hydrogen-bond donors (Lipinski definition) is 0. The SMILES string of the molecule is CCOC(=O)CCC(=O)N1CCOCC1CC. The van der Waals surface area contributed by atoms with Gasteiger partial charge in [-0.3, -0.25) is 9.59 Å². The van der Waals surface area contributed by atoms with Crippen molar-refractivity contribution in [3.63, 3.8) is 0 Å². The van der Waals surface area contributed by atoms with E-state index in [1.54, 1.807) is 6.92 Å². The van der Waals surface area contributed by atoms with Gasteiger partial charge < -0.3 is 14.4 Å². The van der Waals surface area contributed by atoms with E-state index in [2.05, 4.69) is 0 Å². The predicted octanol–water partition coefficient (Wildman–Crippen LogP) is 0.967. The molecular weight excluding hydrogens is 222 g/mol. The normalized spacial score (nSPS) is 20.1. The molecule has 1 heterocycles. The number of amides is 1. The molecule has 98 valence electrons. The van der Waals surface area contributed by atoms with E-state index in [0.29, 0.717) is 26.4 Å². The molecule has 1 saturated heterocycles. The smallest absolute Gasteiger partial charge is 0.306 e. The molecule has 0 aromatic rings. The minimum Gasteiger partial charge on any atom is -0.466 e. The number of hydrogen-bond acceptors (Lipinski definition) is 4. The van der Waals surface area contributed by atoms with Gasteiger partial charge in [0.15, 0.2) is 0 Å². The topological polar surface area (TPSA) is 55.8 Å². The fourth-order valence-corrected chi connectivity index (χ4v) is 1.91. The lowest BCUT2D eigenvalue weighted by Gasteiger charge is -2.35. The van der Waals surface area contributed by atoms with Crippen LogP contribution in [0.25, 0.3) is 0 Å². The molecule has 1 fully saturated rings. The highest BCUT2D eigenvalue weighted by molar-refractivity contribution is 5.81. The molecule has 1 atom stereocenters. The van der Waals surface area contributed by atoms with Crippen LogP contribution in [0, 0.1) is 0 Å². The Labute approximate surface area is 102 Å². The number of carbonyl (C=O) groups is 2. The Balaban J connectivity index is 2.37. The fraction of sp³-hybridized carbons (Fsp3) is 0.833. The second-order valence-corrected chi connectivity index (χ2v) is 4.03. The molecule has 0 N–H and O–H groups in total. The first-order valence-corrected chi connectivity index (χ1v) is 6.21. The summed E-state index contributed by atoms with van der Waals surface area (Å²) in [5.41, 5.74) is 0. The lowest BCUT2D eigenvalue weighted by atomic mass is 10.1. The Kier molecular flexibility index (Phi) is 5.97. The first-order valence-electron chi connectivity index (χ1n) is 6.21. The van der Waals surface area contributed by atoms with Gasteiger partial charge >= 0.3 is 5.97 Å². The van der Waals surface area contributed by atoms with Gasteiger partial charge in [0, 0.05) is 13.0 Å². The van der Waals surface area contributed by atoms with Gasteiger partial charge in [0.05, 0.1) is 32.3 Å². The first-order chi connectivity index (χ1) is 8.19. The van der Waals surface area contributed by atoms with E-state index in [1.807, 2.05) is 11.8 Å². The summed E-state index contributed by atoms with van der Waals surface area (Å²) in [7, 11) is 0. The van der Waals surface area contributed by atoms with E-state index in [4.69, 9.17) is 9.47 Å². The summed E-state index contributed by atoms with van der Waals surface area (Å²) >= 11 is 0. The summed E-state index contributed by atoms with van der Waals surface area (Å²) in [6.07, 6.45) is 1.28. The summed E-state index contributed by atoms with van der Waals surface area (Å²) in [6, 6.07) is 0.151. The van der Waals surface area contributed by atoms with Gasteiger partial charge in [-0.1, -0.05) is 6.92 Å². The summed E-state index contributed by atoms with van der Waals surface area (Å²) in [5, 5.41) is 0. The Morgan fingerprint density at radius 3 is 2.76 bits per heavy atom. The van der Waals surface area contributed by atoms with Gasteiger partial charge in [0.2, 0.25) is 5.91 Å². The van der Waals surface area contributed by atoms with Crippen LogP contribution in [0.3, 0.4) is 0 Å². The fourth-order valence-electron chi connectivity index (χ4n) is 1.91. The zero-order chi connectivity index (χ0) is 12.7. The lowest BCUT2D eigenvalue weighted by Crippen LogP contribution is -2.48. The summed E-state index contributed by atoms with van der Waals surface area (Å²) < 4.78 is 10.1. The zero-order valence-corrected chi connectivity index (χ0v) is 10.6. The number of morpholine rings is 1. The monoisotopic (exact) mass is 243 g/mol. The van der Waals surface area contributed by atoms with Gasteiger partial charge in [-0.25, -0.2) is 0 Å². The van der Waals surface area contributed by atoms with Crippen molar-refractivity contribution in [2.45, 2.75) is 39.2 Å². The molecule has 1 aliphatic rings. The molecule has 5 heteroatoms. The highest BCUT2D eigenvalue weighted by Gasteiger charge is 2.25. The third kappa shape index (κ3) is 4.34. The van der Waals surface area contributed by atoms with Crippen LogP contribution in [0.1, 0.15) is 33.1 Å². The summed E-state index contributed by atoms with van der Waals surface area (Å²) in [6.45, 7) is 5.96. The van der Waals surface area contributed by atoms with Crippen LogP contribution in [-0.2, 0) is 19.1 Å². The van der Waals surface area contributed by atoms with E-state index in [1.165, 1.54) is 0 Å². The van der Waals surface area contributed by atoms with Crippen molar-refractivity contribution in [2.24, 2.45) is 0 Å². The van der Waals surface area contributed by atoms with Gasteiger partial charge in [0.1, 0.15) is 0 Å². The van der Waals surface area contributed by atoms with Crippen molar-refractivity contribution in [2.75, 3.05) is 26.4 Å². The van der Waals surface area contributed by atoms with Crippen molar-refractivity contribution in [1.29, 1.82) is 0 Å². The molecule has 0 spiro atoms. The highest BCUT2D eigenvalue weighted by atomic mass is 16.5. The Bertz CT molecular complexity index is 267. The second kappa shape index (κ2) is 7.27. The van der Waals surface area contributed by atoms with Crippen LogP contribution in [0.15, 0.2) is 0 Å². The minimum atomic E-state index is -0.304. The maximum Gasteiger partial charge on any atom is 0.306 e. The number of carbonyl (C=O) groups excluding carboxylic acids is 2. The van der Waals surface area contributed by atoms with Crippen LogP contribution in [0.4, 0.5) is 0 Å². The quantitative estimate of drug-likeness (QED) is 0.675. The van der Waals surface area contributed by atoms with Crippen molar-refractivity contribution in [3.8, 4) is 0 Å². The maximum atomic E-state index is 11.9. The molecule has 0 aromatic carbocycles. The van der Waals surface area contributed by atoms with Gasteiger partial charge in [-0.15, -0.1) is 0 Å². The number of rotatable bonds is 5. The highest BCUT2D eigenvalue weighted by Crippen LogP contribution is 2.12. The largest absolute Gasteiger partial charge is 0.466 e. The van der Waals surface area contributed by atoms with E-state index < -0.39 is 0 Å². The van der Waals surface area contributed by atoms with Crippen molar-refractivity contribution in [3.05, 3.63) is 0 Å². The number of esters is 1. The zero-order valence-electron chi connectivity index (χ0n) is 10.6. The van der Waals surface area contributed by atoms with Crippen LogP contribution in [0.5, 0.6) is 0 Å². The van der Waals surface area contributed by atoms with Gasteiger partial charge in [-0.05, 0) is 13.3 Å². The molecule has 0 aliphatic carbocycles. The maximum absolute atomic E-state index is 11.9. The Hall–Kier alpha value is -1.10. The van der Waals surface area contributed by atoms with Crippen LogP contribution < -0.4 is 0 Å². The molecular formula is C12H21NO4. The molecule has 17 heavy (non-hydrogen) atoms. The number of nitrogens with zero attached hydrogens (tertiary/aromatic N) is 1. The van der Waals surface area contributed by atoms with Crippen LogP contribution in [0.2, 0.25) is 0 Å². The van der Waals surface area contributed by atoms with E-state index >= 15 is 0 Å². The average Bonchev–Trinajstić information content (AvgIpc) is 2.36. The molecule has 5 nitrogen and oxygen atoms in total. The van der Waals surface area contributed by atoms with E-state index in [9.17, 15) is 9.59 Å². The predicted molar refractivity (Wildman–Crippen MR) is 62.5 cm³/mol. The second-order valence-electron chi connectivity index (χ2n) is 4.03. The molecule has 0 radical (unpaired) electrons. The Morgan fingerprint density at radius 1 is 1.35 bits per heavy atom. The Morgan fingerprint density at radius 2 is 2.12 bits per heavy atom. The third-order valence-electron chi connectivity index (χ3n) is 2.87. The van der Waals surface area contributed by atoms with Gasteiger partial charge in [0.25, 0.3) is 0 Å². The summed E-state index contributed by atoms with van der Waals surface area (Å²) in [4.78, 5) is 24.9. The lowest BCUT2D eigenvalue weighted by molar-refractivity contribution is -0.148. The van der Waals surface area contributed by atoms with E-state index in [0.717, 1.165) is 6.42 Å². The summed E-state index contributed by atoms with van der Waals surface area (Å²) in [5.74, 6) is -0.282. The van der Waals surface area contributed by atoms with Crippen molar-refractivity contribution in [1.82, 2.24) is 4.90 Å². The van der Waals surface area contributed by atoms with Gasteiger partial charge in [-0.2, -0.15) is 0 Å². The first kappa shape index (κ1) is 14.0. The number of ether oxygens (including phenoxy) is 2. The minimum absolute atomic E-state index is 0.0215. The molecule has 0 saturated carbocycles. The molecule has 0 bridgehead atoms. The molecule has 1 amide bonds. The molecule has 1 rings (SSSR count). The van der Waals surface area contributed by atoms with Crippen molar-refractivity contribution < 1.29 is 19.1 Å². The van der Waals surface area contributed by atoms with Crippen LogP contribution in [-0.4, -0.2) is 49.2 Å². The molecule has 0 aromatic heterocycles. The van der Waals surface area contributed by atoms with Crippen molar-refractivity contribution >= 4 is 11.9 Å². The van der Waals surface area contributed by atoms with E-state index in [-0.39, 0.29) is 30.8 Å². The molecule has 1 aliphatic heterocycles. The molecule has 1 unspecified atom stereocenters. The average molecular weight is 243 g/mol. The third-order valence-corrected chi connectivity index (χ3v) is 2.87. The van der Waals surface area contributed by atoms with Crippen LogP contribution >= 0.6 is 0 Å².